The number of likely N-dealkylation sites (tertiary alicyclic amines) is 1. The summed E-state index contributed by atoms with van der Waals surface area (Å²) in [6.45, 7) is 17.8. The summed E-state index contributed by atoms with van der Waals surface area (Å²) in [6.07, 6.45) is 2.80. The Morgan fingerprint density at radius 1 is 0.947 bits per heavy atom. The second-order valence-electron chi connectivity index (χ2n) is 13.0. The minimum absolute atomic E-state index is 0.0603. The van der Waals surface area contributed by atoms with Gasteiger partial charge in [0.2, 0.25) is 11.8 Å². The van der Waals surface area contributed by atoms with Gasteiger partial charge in [-0.25, -0.2) is 0 Å². The predicted molar refractivity (Wildman–Crippen MR) is 152 cm³/mol. The summed E-state index contributed by atoms with van der Waals surface area (Å²) < 4.78 is 6.47. The van der Waals surface area contributed by atoms with Gasteiger partial charge in [0.05, 0.1) is 12.5 Å². The van der Waals surface area contributed by atoms with Crippen molar-refractivity contribution in [2.45, 2.75) is 66.0 Å². The normalized spacial score (nSPS) is 20.3. The Labute approximate surface area is 228 Å². The standard InChI is InChI=1S/C33H44N2O3/c1-25(23-32(5,6)24-31(2,3)4)21-26-22-29(36)35(30(26)37)18-17-34-19-20-38-33(34,27-13-9-7-10-14-27)28-15-11-8-12-16-28/h7-16,26H,1,17-24H2,2-6H3. The number of rotatable bonds is 10. The highest BCUT2D eigenvalue weighted by atomic mass is 16.5. The first-order chi connectivity index (χ1) is 17.9. The van der Waals surface area contributed by atoms with Crippen molar-refractivity contribution in [1.29, 1.82) is 0 Å². The smallest absolute Gasteiger partial charge is 0.233 e. The van der Waals surface area contributed by atoms with Crippen LogP contribution in [0.1, 0.15) is 71.4 Å². The van der Waals surface area contributed by atoms with Gasteiger partial charge >= 0.3 is 0 Å². The second kappa shape index (κ2) is 11.2. The average molecular weight is 517 g/mol. The molecule has 2 aromatic carbocycles. The number of hydrogen-bond donors (Lipinski definition) is 0. The van der Waals surface area contributed by atoms with Crippen molar-refractivity contribution in [3.05, 3.63) is 83.9 Å². The van der Waals surface area contributed by atoms with Crippen LogP contribution in [0.3, 0.4) is 0 Å². The molecule has 0 bridgehead atoms. The third kappa shape index (κ3) is 6.27. The van der Waals surface area contributed by atoms with Crippen LogP contribution in [0, 0.1) is 16.7 Å². The number of carbonyl (C=O) groups excluding carboxylic acids is 2. The molecule has 2 aromatic rings. The van der Waals surface area contributed by atoms with Crippen LogP contribution in [0.15, 0.2) is 72.8 Å². The Bertz CT molecular complexity index is 1090. The predicted octanol–water partition coefficient (Wildman–Crippen LogP) is 6.39. The molecular weight excluding hydrogens is 472 g/mol. The van der Waals surface area contributed by atoms with Crippen molar-refractivity contribution < 1.29 is 14.3 Å². The van der Waals surface area contributed by atoms with Crippen LogP contribution in [-0.4, -0.2) is 47.9 Å². The Kier molecular flexibility index (Phi) is 8.29. The zero-order chi connectivity index (χ0) is 27.6. The fraction of sp³-hybridized carbons (Fsp3) is 0.515. The molecule has 38 heavy (non-hydrogen) atoms. The molecule has 1 unspecified atom stereocenters. The molecule has 2 heterocycles. The minimum atomic E-state index is -0.735. The molecule has 0 aromatic heterocycles. The third-order valence-corrected chi connectivity index (χ3v) is 7.65. The van der Waals surface area contributed by atoms with Gasteiger partial charge in [0.25, 0.3) is 0 Å². The molecule has 2 fully saturated rings. The summed E-state index contributed by atoms with van der Waals surface area (Å²) in [5.74, 6) is -0.440. The average Bonchev–Trinajstić information content (AvgIpc) is 3.38. The Hall–Kier alpha value is -2.76. The van der Waals surface area contributed by atoms with Crippen LogP contribution in [0.25, 0.3) is 0 Å². The summed E-state index contributed by atoms with van der Waals surface area (Å²) in [7, 11) is 0. The van der Waals surface area contributed by atoms with Gasteiger partial charge in [0, 0.05) is 37.2 Å². The molecule has 2 amide bonds. The van der Waals surface area contributed by atoms with Crippen LogP contribution in [0.4, 0.5) is 0 Å². The number of hydrogen-bond acceptors (Lipinski definition) is 4. The zero-order valence-corrected chi connectivity index (χ0v) is 23.8. The lowest BCUT2D eigenvalue weighted by Gasteiger charge is -2.38. The lowest BCUT2D eigenvalue weighted by atomic mass is 9.72. The van der Waals surface area contributed by atoms with E-state index in [1.54, 1.807) is 0 Å². The molecule has 0 spiro atoms. The molecule has 0 aliphatic carbocycles. The van der Waals surface area contributed by atoms with Crippen LogP contribution in [0.5, 0.6) is 0 Å². The molecule has 0 saturated carbocycles. The molecular formula is C33H44N2O3. The van der Waals surface area contributed by atoms with Gasteiger partial charge in [-0.15, -0.1) is 0 Å². The van der Waals surface area contributed by atoms with E-state index in [2.05, 4.69) is 70.4 Å². The van der Waals surface area contributed by atoms with Crippen molar-refractivity contribution in [1.82, 2.24) is 9.80 Å². The molecule has 5 nitrogen and oxygen atoms in total. The Morgan fingerprint density at radius 2 is 1.53 bits per heavy atom. The molecule has 2 saturated heterocycles. The van der Waals surface area contributed by atoms with E-state index in [9.17, 15) is 9.59 Å². The maximum atomic E-state index is 13.4. The minimum Gasteiger partial charge on any atom is -0.350 e. The highest BCUT2D eigenvalue weighted by Crippen LogP contribution is 2.41. The van der Waals surface area contributed by atoms with E-state index in [0.29, 0.717) is 26.1 Å². The second-order valence-corrected chi connectivity index (χ2v) is 13.0. The largest absolute Gasteiger partial charge is 0.350 e. The van der Waals surface area contributed by atoms with E-state index in [4.69, 9.17) is 4.74 Å². The number of carbonyl (C=O) groups is 2. The fourth-order valence-corrected chi connectivity index (χ4v) is 6.81. The van der Waals surface area contributed by atoms with Gasteiger partial charge in [0.15, 0.2) is 5.72 Å². The van der Waals surface area contributed by atoms with Gasteiger partial charge in [-0.05, 0) is 30.1 Å². The van der Waals surface area contributed by atoms with Crippen molar-refractivity contribution in [3.8, 4) is 0 Å². The SMILES string of the molecule is C=C(CC1CC(=O)N(CCN2CCOC2(c2ccccc2)c2ccccc2)C1=O)CC(C)(C)CC(C)(C)C. The number of amides is 2. The first kappa shape index (κ1) is 28.3. The highest BCUT2D eigenvalue weighted by Gasteiger charge is 2.46. The molecule has 2 aliphatic heterocycles. The van der Waals surface area contributed by atoms with Crippen molar-refractivity contribution >= 4 is 11.8 Å². The number of ether oxygens (including phenoxy) is 1. The molecule has 0 N–H and O–H groups in total. The topological polar surface area (TPSA) is 49.9 Å². The molecule has 1 atom stereocenters. The van der Waals surface area contributed by atoms with Crippen LogP contribution in [-0.2, 0) is 20.1 Å². The van der Waals surface area contributed by atoms with Gasteiger partial charge in [0.1, 0.15) is 0 Å². The lowest BCUT2D eigenvalue weighted by molar-refractivity contribution is -0.140. The molecule has 2 aliphatic rings. The monoisotopic (exact) mass is 516 g/mol. The van der Waals surface area contributed by atoms with E-state index in [0.717, 1.165) is 36.1 Å². The maximum absolute atomic E-state index is 13.4. The quantitative estimate of drug-likeness (QED) is 0.271. The van der Waals surface area contributed by atoms with E-state index < -0.39 is 5.72 Å². The van der Waals surface area contributed by atoms with Crippen LogP contribution >= 0.6 is 0 Å². The summed E-state index contributed by atoms with van der Waals surface area (Å²) in [6, 6.07) is 20.4. The maximum Gasteiger partial charge on any atom is 0.233 e. The zero-order valence-electron chi connectivity index (χ0n) is 23.8. The van der Waals surface area contributed by atoms with Crippen molar-refractivity contribution in [3.63, 3.8) is 0 Å². The van der Waals surface area contributed by atoms with Gasteiger partial charge in [-0.1, -0.05) is 107 Å². The van der Waals surface area contributed by atoms with Gasteiger partial charge in [-0.2, -0.15) is 0 Å². The molecule has 204 valence electrons. The number of allylic oxidation sites excluding steroid dienone is 1. The van der Waals surface area contributed by atoms with Crippen molar-refractivity contribution in [2.24, 2.45) is 16.7 Å². The Balaban J connectivity index is 1.44. The lowest BCUT2D eigenvalue weighted by Crippen LogP contribution is -2.47. The number of imide groups is 1. The fourth-order valence-electron chi connectivity index (χ4n) is 6.81. The molecule has 0 radical (unpaired) electrons. The number of nitrogens with zero attached hydrogens (tertiary/aromatic N) is 2. The van der Waals surface area contributed by atoms with Crippen LogP contribution < -0.4 is 0 Å². The van der Waals surface area contributed by atoms with E-state index in [1.807, 2.05) is 36.4 Å². The summed E-state index contributed by atoms with van der Waals surface area (Å²) in [4.78, 5) is 30.1. The molecule has 5 heteroatoms. The first-order valence-corrected chi connectivity index (χ1v) is 13.9. The van der Waals surface area contributed by atoms with Gasteiger partial charge in [-0.3, -0.25) is 19.4 Å². The van der Waals surface area contributed by atoms with E-state index in [-0.39, 0.29) is 35.0 Å². The van der Waals surface area contributed by atoms with E-state index >= 15 is 0 Å². The Morgan fingerprint density at radius 3 is 2.08 bits per heavy atom. The van der Waals surface area contributed by atoms with Crippen LogP contribution in [0.2, 0.25) is 0 Å². The summed E-state index contributed by atoms with van der Waals surface area (Å²) in [5.41, 5.74) is 2.76. The summed E-state index contributed by atoms with van der Waals surface area (Å²) in [5, 5.41) is 0. The van der Waals surface area contributed by atoms with Gasteiger partial charge < -0.3 is 4.74 Å². The van der Waals surface area contributed by atoms with E-state index in [1.165, 1.54) is 4.90 Å². The van der Waals surface area contributed by atoms with Crippen molar-refractivity contribution in [2.75, 3.05) is 26.2 Å². The third-order valence-electron chi connectivity index (χ3n) is 7.65. The molecule has 4 rings (SSSR count). The highest BCUT2D eigenvalue weighted by molar-refractivity contribution is 6.03. The summed E-state index contributed by atoms with van der Waals surface area (Å²) >= 11 is 0. The number of benzene rings is 2. The first-order valence-electron chi connectivity index (χ1n) is 13.9.